The average molecular weight is 265 g/mol. The number of hydrogen-bond acceptors (Lipinski definition) is 5. The van der Waals surface area contributed by atoms with E-state index in [4.69, 9.17) is 0 Å². The Morgan fingerprint density at radius 3 is 2.47 bits per heavy atom. The Morgan fingerprint density at radius 1 is 1.32 bits per heavy atom. The summed E-state index contributed by atoms with van der Waals surface area (Å²) in [6.45, 7) is 0.0462. The number of rotatable bonds is 5. The summed E-state index contributed by atoms with van der Waals surface area (Å²) in [6.07, 6.45) is 3.92. The molecular weight excluding hydrogens is 246 g/mol. The molecule has 104 valence electrons. The van der Waals surface area contributed by atoms with Crippen molar-refractivity contribution in [2.24, 2.45) is 0 Å². The second kappa shape index (κ2) is 5.44. The molecule has 0 unspecified atom stereocenters. The van der Waals surface area contributed by atoms with E-state index < -0.39 is 4.92 Å². The number of anilines is 2. The van der Waals surface area contributed by atoms with Gasteiger partial charge in [-0.05, 0) is 18.9 Å². The van der Waals surface area contributed by atoms with E-state index in [9.17, 15) is 15.2 Å². The molecule has 1 fully saturated rings. The van der Waals surface area contributed by atoms with Crippen LogP contribution < -0.4 is 10.6 Å². The average Bonchev–Trinajstić information content (AvgIpc) is 2.87. The fourth-order valence-electron chi connectivity index (χ4n) is 2.61. The van der Waals surface area contributed by atoms with E-state index in [0.717, 1.165) is 25.7 Å². The molecule has 0 spiro atoms. The van der Waals surface area contributed by atoms with Crippen LogP contribution in [-0.2, 0) is 0 Å². The van der Waals surface area contributed by atoms with Crippen LogP contribution in [0.2, 0.25) is 0 Å². The molecule has 0 saturated heterocycles. The maximum atomic E-state index is 10.9. The number of nitro groups is 1. The molecule has 0 heterocycles. The molecule has 1 aromatic rings. The fraction of sp³-hybridized carbons (Fsp3) is 0.538. The molecule has 1 saturated carbocycles. The van der Waals surface area contributed by atoms with Gasteiger partial charge in [-0.3, -0.25) is 10.1 Å². The highest BCUT2D eigenvalue weighted by atomic mass is 16.6. The second-order valence-electron chi connectivity index (χ2n) is 5.05. The van der Waals surface area contributed by atoms with E-state index in [1.165, 1.54) is 12.1 Å². The topological polar surface area (TPSA) is 87.4 Å². The molecule has 0 radical (unpaired) electrons. The van der Waals surface area contributed by atoms with Crippen LogP contribution in [0.3, 0.4) is 0 Å². The summed E-state index contributed by atoms with van der Waals surface area (Å²) in [5, 5.41) is 26.7. The lowest BCUT2D eigenvalue weighted by molar-refractivity contribution is -0.384. The highest BCUT2D eigenvalue weighted by Gasteiger charge is 2.33. The quantitative estimate of drug-likeness (QED) is 0.562. The SMILES string of the molecule is CNc1cc(NC2(CO)CCCC2)cc([N+](=O)[O-])c1. The summed E-state index contributed by atoms with van der Waals surface area (Å²) in [5.41, 5.74) is 1.07. The lowest BCUT2D eigenvalue weighted by atomic mass is 9.98. The number of aliphatic hydroxyl groups is 1. The molecule has 3 N–H and O–H groups in total. The van der Waals surface area contributed by atoms with Crippen molar-refractivity contribution in [3.05, 3.63) is 28.3 Å². The van der Waals surface area contributed by atoms with Crippen LogP contribution in [-0.4, -0.2) is 29.2 Å². The monoisotopic (exact) mass is 265 g/mol. The molecule has 2 rings (SSSR count). The van der Waals surface area contributed by atoms with Crippen LogP contribution in [0.1, 0.15) is 25.7 Å². The van der Waals surface area contributed by atoms with Crippen LogP contribution in [0.5, 0.6) is 0 Å². The van der Waals surface area contributed by atoms with Crippen molar-refractivity contribution in [2.75, 3.05) is 24.3 Å². The Morgan fingerprint density at radius 2 is 1.95 bits per heavy atom. The van der Waals surface area contributed by atoms with E-state index >= 15 is 0 Å². The lowest BCUT2D eigenvalue weighted by Crippen LogP contribution is -2.39. The maximum absolute atomic E-state index is 10.9. The third kappa shape index (κ3) is 2.96. The summed E-state index contributed by atoms with van der Waals surface area (Å²) in [5.74, 6) is 0. The van der Waals surface area contributed by atoms with Crippen molar-refractivity contribution in [2.45, 2.75) is 31.2 Å². The first-order valence-electron chi connectivity index (χ1n) is 6.45. The Kier molecular flexibility index (Phi) is 3.90. The van der Waals surface area contributed by atoms with Gasteiger partial charge in [0.25, 0.3) is 5.69 Å². The van der Waals surface area contributed by atoms with Gasteiger partial charge in [-0.1, -0.05) is 12.8 Å². The summed E-state index contributed by atoms with van der Waals surface area (Å²) >= 11 is 0. The predicted octanol–water partition coefficient (Wildman–Crippen LogP) is 2.35. The molecule has 0 aromatic heterocycles. The van der Waals surface area contributed by atoms with E-state index in [1.807, 2.05) is 6.07 Å². The molecule has 1 aromatic carbocycles. The number of benzene rings is 1. The molecule has 6 heteroatoms. The van der Waals surface area contributed by atoms with Gasteiger partial charge in [0.05, 0.1) is 17.1 Å². The third-order valence-electron chi connectivity index (χ3n) is 3.69. The van der Waals surface area contributed by atoms with Gasteiger partial charge in [0, 0.05) is 30.6 Å². The van der Waals surface area contributed by atoms with Crippen LogP contribution in [0.15, 0.2) is 18.2 Å². The van der Waals surface area contributed by atoms with Crippen LogP contribution in [0.4, 0.5) is 17.1 Å². The molecule has 0 bridgehead atoms. The second-order valence-corrected chi connectivity index (χ2v) is 5.05. The van der Waals surface area contributed by atoms with Gasteiger partial charge in [-0.15, -0.1) is 0 Å². The van der Waals surface area contributed by atoms with Gasteiger partial charge < -0.3 is 15.7 Å². The highest BCUT2D eigenvalue weighted by molar-refractivity contribution is 5.64. The first-order valence-corrected chi connectivity index (χ1v) is 6.45. The zero-order valence-electron chi connectivity index (χ0n) is 11.0. The Labute approximate surface area is 112 Å². The van der Waals surface area contributed by atoms with E-state index in [0.29, 0.717) is 11.4 Å². The number of nitrogens with zero attached hydrogens (tertiary/aromatic N) is 1. The number of hydrogen-bond donors (Lipinski definition) is 3. The number of nitro benzene ring substituents is 1. The molecule has 0 amide bonds. The zero-order chi connectivity index (χ0) is 13.9. The van der Waals surface area contributed by atoms with Crippen LogP contribution in [0.25, 0.3) is 0 Å². The van der Waals surface area contributed by atoms with Crippen LogP contribution in [0, 0.1) is 10.1 Å². The number of aliphatic hydroxyl groups excluding tert-OH is 1. The minimum absolute atomic E-state index is 0.0421. The van der Waals surface area contributed by atoms with Crippen LogP contribution >= 0.6 is 0 Å². The maximum Gasteiger partial charge on any atom is 0.273 e. The van der Waals surface area contributed by atoms with Gasteiger partial charge >= 0.3 is 0 Å². The van der Waals surface area contributed by atoms with E-state index in [2.05, 4.69) is 10.6 Å². The molecule has 0 aliphatic heterocycles. The van der Waals surface area contributed by atoms with Gasteiger partial charge in [0.15, 0.2) is 0 Å². The van der Waals surface area contributed by atoms with Crippen molar-refractivity contribution in [1.29, 1.82) is 0 Å². The number of nitrogens with one attached hydrogen (secondary N) is 2. The smallest absolute Gasteiger partial charge is 0.273 e. The minimum Gasteiger partial charge on any atom is -0.394 e. The summed E-state index contributed by atoms with van der Waals surface area (Å²) in [7, 11) is 1.72. The molecule has 6 nitrogen and oxygen atoms in total. The Balaban J connectivity index is 2.28. The van der Waals surface area contributed by atoms with Crippen molar-refractivity contribution in [3.8, 4) is 0 Å². The third-order valence-corrected chi connectivity index (χ3v) is 3.69. The molecular formula is C13H19N3O3. The Bertz CT molecular complexity index is 470. The first kappa shape index (κ1) is 13.6. The van der Waals surface area contributed by atoms with Crippen molar-refractivity contribution in [3.63, 3.8) is 0 Å². The van der Waals surface area contributed by atoms with Gasteiger partial charge in [0.1, 0.15) is 0 Å². The number of non-ortho nitro benzene ring substituents is 1. The normalized spacial score (nSPS) is 17.2. The van der Waals surface area contributed by atoms with Gasteiger partial charge in [-0.2, -0.15) is 0 Å². The largest absolute Gasteiger partial charge is 0.394 e. The van der Waals surface area contributed by atoms with Gasteiger partial charge in [-0.25, -0.2) is 0 Å². The van der Waals surface area contributed by atoms with E-state index in [-0.39, 0.29) is 17.8 Å². The first-order chi connectivity index (χ1) is 9.08. The standard InChI is InChI=1S/C13H19N3O3/c1-14-10-6-11(8-12(7-10)16(18)19)15-13(9-17)4-2-3-5-13/h6-8,14-15,17H,2-5,9H2,1H3. The minimum atomic E-state index is -0.410. The van der Waals surface area contributed by atoms with Crippen molar-refractivity contribution >= 4 is 17.1 Å². The highest BCUT2D eigenvalue weighted by Crippen LogP contribution is 2.34. The summed E-state index contributed by atoms with van der Waals surface area (Å²) in [6, 6.07) is 4.82. The summed E-state index contributed by atoms with van der Waals surface area (Å²) < 4.78 is 0. The van der Waals surface area contributed by atoms with E-state index in [1.54, 1.807) is 7.05 Å². The summed E-state index contributed by atoms with van der Waals surface area (Å²) in [4.78, 5) is 10.5. The zero-order valence-corrected chi connectivity index (χ0v) is 11.0. The fourth-order valence-corrected chi connectivity index (χ4v) is 2.61. The van der Waals surface area contributed by atoms with Crippen molar-refractivity contribution < 1.29 is 10.0 Å². The predicted molar refractivity (Wildman–Crippen MR) is 74.6 cm³/mol. The van der Waals surface area contributed by atoms with Gasteiger partial charge in [0.2, 0.25) is 0 Å². The molecule has 1 aliphatic carbocycles. The molecule has 19 heavy (non-hydrogen) atoms. The molecule has 0 atom stereocenters. The molecule has 1 aliphatic rings. The van der Waals surface area contributed by atoms with Crippen molar-refractivity contribution in [1.82, 2.24) is 0 Å². The Hall–Kier alpha value is -1.82. The lowest BCUT2D eigenvalue weighted by Gasteiger charge is -2.29.